The fraction of sp³-hybridized carbons (Fsp3) is 0.833. The molecule has 4 rings (SSSR count). The minimum Gasteiger partial charge on any atom is -0.463 e. The van der Waals surface area contributed by atoms with Gasteiger partial charge in [-0.05, 0) is 0 Å². The molecule has 0 aromatic carbocycles. The Bertz CT molecular complexity index is 1930. The van der Waals surface area contributed by atoms with Crippen LogP contribution in [-0.2, 0) is 105 Å². The quantitative estimate of drug-likeness (QED) is 0.0350. The molecular weight excluding hydrogens is 1060 g/mol. The topological polar surface area (TPSA) is 428 Å². The summed E-state index contributed by atoms with van der Waals surface area (Å²) in [6.07, 6.45) is -32.9. The predicted molar refractivity (Wildman–Crippen MR) is 251 cm³/mol. The molecule has 0 saturated carbocycles. The molecule has 8 unspecified atom stereocenters. The molecule has 448 valence electrons. The third-order valence-corrected chi connectivity index (χ3v) is 12.2. The summed E-state index contributed by atoms with van der Waals surface area (Å²) in [5.74, 6) is -6.18. The first-order valence-corrected chi connectivity index (χ1v) is 25.7. The number of esters is 8. The zero-order chi connectivity index (χ0) is 58.6. The van der Waals surface area contributed by atoms with Crippen molar-refractivity contribution in [2.24, 2.45) is 0 Å². The van der Waals surface area contributed by atoms with E-state index in [4.69, 9.17) is 71.4 Å². The van der Waals surface area contributed by atoms with Crippen LogP contribution in [0.25, 0.3) is 0 Å². The van der Waals surface area contributed by atoms with E-state index in [-0.39, 0.29) is 51.4 Å². The molecule has 4 aliphatic rings. The summed E-state index contributed by atoms with van der Waals surface area (Å²) < 4.78 is 78.7. The summed E-state index contributed by atoms with van der Waals surface area (Å²) in [4.78, 5) is 101. The highest BCUT2D eigenvalue weighted by molar-refractivity contribution is 5.73. The zero-order valence-electron chi connectivity index (χ0n) is 44.6. The van der Waals surface area contributed by atoms with E-state index in [0.717, 1.165) is 0 Å². The van der Waals surface area contributed by atoms with E-state index < -0.39 is 197 Å². The van der Waals surface area contributed by atoms with Crippen molar-refractivity contribution < 1.29 is 146 Å². The molecule has 78 heavy (non-hydrogen) atoms. The maximum atomic E-state index is 13.0. The van der Waals surface area contributed by atoms with Crippen LogP contribution in [0.5, 0.6) is 0 Å². The molecule has 4 heterocycles. The summed E-state index contributed by atoms with van der Waals surface area (Å²) in [6.45, 7) is 9.50. The van der Waals surface area contributed by atoms with E-state index in [1.54, 1.807) is 0 Å². The maximum Gasteiger partial charge on any atom is 0.307 e. The van der Waals surface area contributed by atoms with Crippen molar-refractivity contribution in [2.75, 3.05) is 26.4 Å². The minimum absolute atomic E-state index is 0.0409. The van der Waals surface area contributed by atoms with Crippen molar-refractivity contribution >= 4 is 47.8 Å². The van der Waals surface area contributed by atoms with Gasteiger partial charge in [-0.2, -0.15) is 0 Å². The van der Waals surface area contributed by atoms with Crippen LogP contribution in [0.3, 0.4) is 0 Å². The Morgan fingerprint density at radius 2 is 0.679 bits per heavy atom. The number of hydrogen-bond donors (Lipinski definition) is 8. The Morgan fingerprint density at radius 3 is 1.13 bits per heavy atom. The Morgan fingerprint density at radius 1 is 0.321 bits per heavy atom. The Hall–Kier alpha value is -4.80. The Balaban J connectivity index is 0.000000574. The minimum atomic E-state index is -1.83. The van der Waals surface area contributed by atoms with Gasteiger partial charge in [0.1, 0.15) is 80.4 Å². The van der Waals surface area contributed by atoms with E-state index in [9.17, 15) is 74.1 Å². The number of carbonyl (C=O) groups is 8. The standard InChI is InChI=1S/C36H54O19.C12H22O11/c1-9-21(37)45-17-19-29(49-23(39)11-3)31(50-24(40)12-4)34(53-27(43)15-7)36(48-19)55-30-20(18-46-22(38)10-2)47-35(54-28(44)16-8)33(52-26(42)14-6)32(30)51-25(41)13-5;13-1-3-5(15)6(16)9(19)12(22-3)23-10-4(2-14)21-11(20)8(18)7(10)17/h19-20,29-36H,9-18H2,1-8H3;3-20H,1-2H2/t19?,20?,29-,30+,31-,32-,33?,34?,35-,36-;3?,4?,5-,6?,7+,8?,9-,10+,11+,12-/m00/s1. The molecule has 8 N–H and O–H groups in total. The number of hydrogen-bond acceptors (Lipinski definition) is 30. The van der Waals surface area contributed by atoms with Gasteiger partial charge in [0.15, 0.2) is 43.3 Å². The fourth-order valence-electron chi connectivity index (χ4n) is 7.72. The number of ether oxygens (including phenoxy) is 14. The smallest absolute Gasteiger partial charge is 0.307 e. The second-order valence-electron chi connectivity index (χ2n) is 17.7. The van der Waals surface area contributed by atoms with Crippen molar-refractivity contribution in [1.29, 1.82) is 0 Å². The van der Waals surface area contributed by atoms with E-state index >= 15 is 0 Å². The van der Waals surface area contributed by atoms with Crippen molar-refractivity contribution in [3.8, 4) is 0 Å². The van der Waals surface area contributed by atoms with Crippen LogP contribution in [0.15, 0.2) is 0 Å². The van der Waals surface area contributed by atoms with Gasteiger partial charge in [0.25, 0.3) is 0 Å². The van der Waals surface area contributed by atoms with Crippen molar-refractivity contribution in [1.82, 2.24) is 0 Å². The van der Waals surface area contributed by atoms with E-state index in [1.165, 1.54) is 55.4 Å². The van der Waals surface area contributed by atoms with Gasteiger partial charge in [-0.1, -0.05) is 55.4 Å². The lowest BCUT2D eigenvalue weighted by atomic mass is 9.95. The molecule has 0 amide bonds. The first-order valence-electron chi connectivity index (χ1n) is 25.7. The normalized spacial score (nSPS) is 34.6. The van der Waals surface area contributed by atoms with E-state index in [2.05, 4.69) is 0 Å². The maximum absolute atomic E-state index is 13.0. The van der Waals surface area contributed by atoms with Crippen LogP contribution in [0.1, 0.15) is 107 Å². The summed E-state index contributed by atoms with van der Waals surface area (Å²) in [7, 11) is 0. The average molecular weight is 1130 g/mol. The molecule has 0 spiro atoms. The molecule has 4 aliphatic heterocycles. The molecule has 4 fully saturated rings. The molecular formula is C48H76O30. The van der Waals surface area contributed by atoms with Crippen LogP contribution < -0.4 is 0 Å². The van der Waals surface area contributed by atoms with Crippen LogP contribution in [-0.4, -0.2) is 238 Å². The summed E-state index contributed by atoms with van der Waals surface area (Å²) >= 11 is 0. The van der Waals surface area contributed by atoms with Gasteiger partial charge in [-0.3, -0.25) is 38.4 Å². The number of aliphatic hydroxyl groups is 8. The van der Waals surface area contributed by atoms with E-state index in [1.807, 2.05) is 0 Å². The highest BCUT2D eigenvalue weighted by atomic mass is 16.8. The monoisotopic (exact) mass is 1130 g/mol. The van der Waals surface area contributed by atoms with Gasteiger partial charge >= 0.3 is 47.8 Å². The van der Waals surface area contributed by atoms with Gasteiger partial charge in [0.2, 0.25) is 12.4 Å². The van der Waals surface area contributed by atoms with Crippen LogP contribution in [0, 0.1) is 0 Å². The molecule has 4 saturated heterocycles. The lowest BCUT2D eigenvalue weighted by Gasteiger charge is -2.48. The lowest BCUT2D eigenvalue weighted by molar-refractivity contribution is -0.358. The zero-order valence-corrected chi connectivity index (χ0v) is 44.6. The SMILES string of the molecule is CCC(=O)OCC1O[C@@H](OC(=O)CC)C(OC(=O)CC)[C@@H](OC(=O)CC)[C@@H]1O[C@@H]1OC(COC(=O)CC)[C@H](OC(=O)CC)[C@H](OC(=O)CC)C1OC(=O)CC.OCC1O[C@@H](O[C@@H]2C(CO)O[C@@H](O)C(O)[C@H]2O)[C@@H](O)C(O)[C@H]1O. The van der Waals surface area contributed by atoms with Gasteiger partial charge in [-0.25, -0.2) is 0 Å². The molecule has 0 aromatic heterocycles. The number of rotatable bonds is 24. The Kier molecular flexibility index (Phi) is 28.6. The largest absolute Gasteiger partial charge is 0.463 e. The van der Waals surface area contributed by atoms with Gasteiger partial charge in [0, 0.05) is 51.4 Å². The predicted octanol–water partition coefficient (Wildman–Crippen LogP) is -3.11. The summed E-state index contributed by atoms with van der Waals surface area (Å²) in [5, 5.41) is 76.5. The fourth-order valence-corrected chi connectivity index (χ4v) is 7.72. The van der Waals surface area contributed by atoms with Gasteiger partial charge in [-0.15, -0.1) is 0 Å². The second kappa shape index (κ2) is 33.1. The molecule has 0 aliphatic carbocycles. The van der Waals surface area contributed by atoms with Crippen molar-refractivity contribution in [3.05, 3.63) is 0 Å². The van der Waals surface area contributed by atoms with E-state index in [0.29, 0.717) is 0 Å². The average Bonchev–Trinajstić information content (AvgIpc) is 3.47. The van der Waals surface area contributed by atoms with Gasteiger partial charge in [0.05, 0.1) is 13.2 Å². The highest BCUT2D eigenvalue weighted by Crippen LogP contribution is 2.37. The summed E-state index contributed by atoms with van der Waals surface area (Å²) in [5.41, 5.74) is 0. The third kappa shape index (κ3) is 18.6. The summed E-state index contributed by atoms with van der Waals surface area (Å²) in [6, 6.07) is 0. The van der Waals surface area contributed by atoms with Gasteiger partial charge < -0.3 is 107 Å². The highest BCUT2D eigenvalue weighted by Gasteiger charge is 2.59. The van der Waals surface area contributed by atoms with Crippen LogP contribution >= 0.6 is 0 Å². The molecule has 0 radical (unpaired) electrons. The molecule has 30 heteroatoms. The van der Waals surface area contributed by atoms with Crippen LogP contribution in [0.4, 0.5) is 0 Å². The number of carbonyl (C=O) groups excluding carboxylic acids is 8. The molecule has 0 bridgehead atoms. The molecule has 30 nitrogen and oxygen atoms in total. The third-order valence-electron chi connectivity index (χ3n) is 12.2. The second-order valence-corrected chi connectivity index (χ2v) is 17.7. The van der Waals surface area contributed by atoms with Crippen molar-refractivity contribution in [2.45, 2.75) is 230 Å². The first-order chi connectivity index (χ1) is 37.0. The lowest BCUT2D eigenvalue weighted by Crippen LogP contribution is -2.67. The first kappa shape index (κ1) is 67.5. The molecule has 0 aromatic rings. The Labute approximate surface area is 448 Å². The van der Waals surface area contributed by atoms with Crippen molar-refractivity contribution in [3.63, 3.8) is 0 Å². The molecule has 20 atom stereocenters. The number of aliphatic hydroxyl groups excluding tert-OH is 8. The van der Waals surface area contributed by atoms with Crippen LogP contribution in [0.2, 0.25) is 0 Å².